The van der Waals surface area contributed by atoms with Gasteiger partial charge in [-0.2, -0.15) is 5.10 Å². The van der Waals surface area contributed by atoms with E-state index in [9.17, 15) is 0 Å². The van der Waals surface area contributed by atoms with E-state index in [-0.39, 0.29) is 0 Å². The van der Waals surface area contributed by atoms with E-state index in [1.165, 1.54) is 6.20 Å². The summed E-state index contributed by atoms with van der Waals surface area (Å²) in [5.41, 5.74) is 0. The van der Waals surface area contributed by atoms with Gasteiger partial charge in [0.2, 0.25) is 0 Å². The standard InChI is InChI=1S/C6H8N3/c1-2-3-6-7-4-5-8-9-6/h5H,2-3H2,1H3. The van der Waals surface area contributed by atoms with Crippen LogP contribution in [0.25, 0.3) is 0 Å². The molecule has 1 aromatic heterocycles. The Labute approximate surface area is 54.2 Å². The van der Waals surface area contributed by atoms with Gasteiger partial charge in [-0.3, -0.25) is 0 Å². The molecule has 0 aliphatic heterocycles. The molecule has 0 fully saturated rings. The molecule has 9 heavy (non-hydrogen) atoms. The molecule has 0 spiro atoms. The fourth-order valence-electron chi connectivity index (χ4n) is 0.577. The van der Waals surface area contributed by atoms with Crippen molar-refractivity contribution < 1.29 is 0 Å². The molecule has 0 N–H and O–H groups in total. The first-order valence-corrected chi connectivity index (χ1v) is 2.98. The maximum atomic E-state index is 3.87. The van der Waals surface area contributed by atoms with Gasteiger partial charge in [-0.15, -0.1) is 5.10 Å². The van der Waals surface area contributed by atoms with Crippen LogP contribution in [0.5, 0.6) is 0 Å². The SMILES string of the molecule is CCCc1n[c]cnn1. The van der Waals surface area contributed by atoms with Gasteiger partial charge in [-0.1, -0.05) is 6.92 Å². The molecule has 0 saturated carbocycles. The van der Waals surface area contributed by atoms with E-state index < -0.39 is 0 Å². The molecule has 0 aliphatic rings. The predicted molar refractivity (Wildman–Crippen MR) is 32.7 cm³/mol. The summed E-state index contributed by atoms with van der Waals surface area (Å²) >= 11 is 0. The first-order valence-electron chi connectivity index (χ1n) is 2.98. The molecule has 1 heterocycles. The number of hydrogen-bond acceptors (Lipinski definition) is 3. The van der Waals surface area contributed by atoms with Crippen LogP contribution in [0.1, 0.15) is 19.2 Å². The molecule has 47 valence electrons. The van der Waals surface area contributed by atoms with Gasteiger partial charge in [-0.25, -0.2) is 4.98 Å². The van der Waals surface area contributed by atoms with Gasteiger partial charge in [0.1, 0.15) is 6.20 Å². The molecule has 3 heteroatoms. The van der Waals surface area contributed by atoms with Gasteiger partial charge in [0, 0.05) is 6.42 Å². The molecule has 0 aromatic carbocycles. The van der Waals surface area contributed by atoms with E-state index >= 15 is 0 Å². The van der Waals surface area contributed by atoms with Crippen molar-refractivity contribution in [3.05, 3.63) is 18.2 Å². The Morgan fingerprint density at radius 1 is 1.67 bits per heavy atom. The van der Waals surface area contributed by atoms with Crippen molar-refractivity contribution >= 4 is 0 Å². The summed E-state index contributed by atoms with van der Waals surface area (Å²) in [5.74, 6) is 0.778. The summed E-state index contributed by atoms with van der Waals surface area (Å²) in [5, 5.41) is 7.41. The van der Waals surface area contributed by atoms with Gasteiger partial charge >= 0.3 is 0 Å². The van der Waals surface area contributed by atoms with E-state index in [0.29, 0.717) is 0 Å². The van der Waals surface area contributed by atoms with Gasteiger partial charge in [0.05, 0.1) is 6.20 Å². The highest BCUT2D eigenvalue weighted by Crippen LogP contribution is 1.88. The Morgan fingerprint density at radius 2 is 2.56 bits per heavy atom. The molecule has 1 rings (SSSR count). The fraction of sp³-hybridized carbons (Fsp3) is 0.500. The summed E-state index contributed by atoms with van der Waals surface area (Å²) < 4.78 is 0. The second-order valence-electron chi connectivity index (χ2n) is 1.75. The molecule has 1 aromatic rings. The van der Waals surface area contributed by atoms with Gasteiger partial charge in [-0.05, 0) is 6.42 Å². The van der Waals surface area contributed by atoms with Crippen molar-refractivity contribution in [2.24, 2.45) is 0 Å². The molecule has 0 aliphatic carbocycles. The lowest BCUT2D eigenvalue weighted by Crippen LogP contribution is -1.94. The van der Waals surface area contributed by atoms with Crippen molar-refractivity contribution in [1.82, 2.24) is 15.2 Å². The molecule has 0 amide bonds. The Balaban J connectivity index is 2.61. The second kappa shape index (κ2) is 3.12. The topological polar surface area (TPSA) is 38.7 Å². The Bertz CT molecular complexity index is 161. The fourth-order valence-corrected chi connectivity index (χ4v) is 0.577. The number of aryl methyl sites for hydroxylation is 1. The third-order valence-electron chi connectivity index (χ3n) is 0.956. The Hall–Kier alpha value is -0.990. The summed E-state index contributed by atoms with van der Waals surface area (Å²) in [6.07, 6.45) is 6.03. The quantitative estimate of drug-likeness (QED) is 0.577. The van der Waals surface area contributed by atoms with Crippen LogP contribution in [0, 0.1) is 6.20 Å². The minimum Gasteiger partial charge on any atom is -0.228 e. The molecule has 0 atom stereocenters. The third-order valence-corrected chi connectivity index (χ3v) is 0.956. The summed E-state index contributed by atoms with van der Waals surface area (Å²) in [7, 11) is 0. The van der Waals surface area contributed by atoms with Gasteiger partial charge in [0.15, 0.2) is 5.82 Å². The number of hydrogen-bond donors (Lipinski definition) is 0. The Kier molecular flexibility index (Phi) is 2.13. The summed E-state index contributed by atoms with van der Waals surface area (Å²) in [4.78, 5) is 3.87. The predicted octanol–water partition coefficient (Wildman–Crippen LogP) is 0.624. The van der Waals surface area contributed by atoms with Crippen LogP contribution in [0.15, 0.2) is 6.20 Å². The lowest BCUT2D eigenvalue weighted by atomic mass is 10.3. The van der Waals surface area contributed by atoms with Crippen LogP contribution >= 0.6 is 0 Å². The lowest BCUT2D eigenvalue weighted by molar-refractivity contribution is 0.784. The largest absolute Gasteiger partial charge is 0.228 e. The number of nitrogens with zero attached hydrogens (tertiary/aromatic N) is 3. The maximum absolute atomic E-state index is 3.87. The van der Waals surface area contributed by atoms with Crippen molar-refractivity contribution in [2.75, 3.05) is 0 Å². The van der Waals surface area contributed by atoms with E-state index in [4.69, 9.17) is 0 Å². The molecule has 1 radical (unpaired) electrons. The number of rotatable bonds is 2. The second-order valence-corrected chi connectivity index (χ2v) is 1.75. The first kappa shape index (κ1) is 6.13. The average molecular weight is 122 g/mol. The van der Waals surface area contributed by atoms with E-state index in [1.807, 2.05) is 0 Å². The highest BCUT2D eigenvalue weighted by Gasteiger charge is 1.89. The monoisotopic (exact) mass is 122 g/mol. The molecular formula is C6H8N3. The summed E-state index contributed by atoms with van der Waals surface area (Å²) in [6.45, 7) is 2.08. The van der Waals surface area contributed by atoms with E-state index in [2.05, 4.69) is 28.3 Å². The highest BCUT2D eigenvalue weighted by molar-refractivity contribution is 4.79. The van der Waals surface area contributed by atoms with E-state index in [1.54, 1.807) is 0 Å². The molecule has 0 saturated heterocycles. The first-order chi connectivity index (χ1) is 4.43. The normalized spacial score (nSPS) is 9.44. The molecule has 3 nitrogen and oxygen atoms in total. The van der Waals surface area contributed by atoms with Crippen LogP contribution in [0.2, 0.25) is 0 Å². The Morgan fingerprint density at radius 3 is 3.11 bits per heavy atom. The zero-order chi connectivity index (χ0) is 6.53. The average Bonchev–Trinajstić information content (AvgIpc) is 1.91. The molecule has 0 bridgehead atoms. The smallest absolute Gasteiger partial charge is 0.151 e. The van der Waals surface area contributed by atoms with Gasteiger partial charge in [0.25, 0.3) is 0 Å². The molecular weight excluding hydrogens is 114 g/mol. The molecule has 0 unspecified atom stereocenters. The van der Waals surface area contributed by atoms with Gasteiger partial charge < -0.3 is 0 Å². The lowest BCUT2D eigenvalue weighted by Gasteiger charge is -1.89. The highest BCUT2D eigenvalue weighted by atomic mass is 15.1. The van der Waals surface area contributed by atoms with Crippen LogP contribution in [-0.2, 0) is 6.42 Å². The minimum absolute atomic E-state index is 0.778. The van der Waals surface area contributed by atoms with E-state index in [0.717, 1.165) is 18.7 Å². The van der Waals surface area contributed by atoms with Crippen LogP contribution < -0.4 is 0 Å². The van der Waals surface area contributed by atoms with Crippen LogP contribution in [-0.4, -0.2) is 15.2 Å². The zero-order valence-corrected chi connectivity index (χ0v) is 5.33. The zero-order valence-electron chi connectivity index (χ0n) is 5.33. The third kappa shape index (κ3) is 1.76. The summed E-state index contributed by atoms with van der Waals surface area (Å²) in [6, 6.07) is 0. The van der Waals surface area contributed by atoms with Crippen molar-refractivity contribution in [1.29, 1.82) is 0 Å². The minimum atomic E-state index is 0.778. The van der Waals surface area contributed by atoms with Crippen molar-refractivity contribution in [3.8, 4) is 0 Å². The van der Waals surface area contributed by atoms with Crippen molar-refractivity contribution in [3.63, 3.8) is 0 Å². The van der Waals surface area contributed by atoms with Crippen LogP contribution in [0.4, 0.5) is 0 Å². The van der Waals surface area contributed by atoms with Crippen LogP contribution in [0.3, 0.4) is 0 Å². The maximum Gasteiger partial charge on any atom is 0.151 e. The number of aromatic nitrogens is 3. The van der Waals surface area contributed by atoms with Crippen molar-refractivity contribution in [2.45, 2.75) is 19.8 Å².